The Balaban J connectivity index is 2.15. The Labute approximate surface area is 122 Å². The second-order valence-corrected chi connectivity index (χ2v) is 4.80. The molecule has 0 aromatic carbocycles. The first kappa shape index (κ1) is 15.0. The number of imidazole rings is 1. The van der Waals surface area contributed by atoms with Crippen LogP contribution in [0.4, 0.5) is 5.95 Å². The lowest BCUT2D eigenvalue weighted by atomic mass is 10.2. The van der Waals surface area contributed by atoms with Gasteiger partial charge in [0.05, 0.1) is 7.11 Å². The summed E-state index contributed by atoms with van der Waals surface area (Å²) < 4.78 is 6.82. The second kappa shape index (κ2) is 6.38. The summed E-state index contributed by atoms with van der Waals surface area (Å²) in [6.45, 7) is 4.40. The van der Waals surface area contributed by atoms with Crippen LogP contribution in [0, 0.1) is 0 Å². The Morgan fingerprint density at radius 3 is 2.95 bits per heavy atom. The molecule has 114 valence electrons. The van der Waals surface area contributed by atoms with Gasteiger partial charge in [-0.05, 0) is 13.3 Å². The third-order valence-electron chi connectivity index (χ3n) is 3.30. The van der Waals surface area contributed by atoms with Crippen LogP contribution in [-0.2, 0) is 11.3 Å². The quantitative estimate of drug-likeness (QED) is 0.812. The predicted octanol–water partition coefficient (Wildman–Crippen LogP) is 0.722. The first-order valence-corrected chi connectivity index (χ1v) is 6.86. The molecule has 2 heterocycles. The average molecular weight is 292 g/mol. The third kappa shape index (κ3) is 3.21. The van der Waals surface area contributed by atoms with Crippen molar-refractivity contribution >= 4 is 23.0 Å². The molecule has 2 aromatic heterocycles. The highest BCUT2D eigenvalue weighted by Gasteiger charge is 2.15. The lowest BCUT2D eigenvalue weighted by molar-refractivity contribution is -0.121. The van der Waals surface area contributed by atoms with Crippen LogP contribution >= 0.6 is 0 Å². The zero-order valence-electron chi connectivity index (χ0n) is 12.5. The van der Waals surface area contributed by atoms with Crippen LogP contribution in [0.3, 0.4) is 0 Å². The lowest BCUT2D eigenvalue weighted by Gasteiger charge is -2.11. The third-order valence-corrected chi connectivity index (χ3v) is 3.30. The summed E-state index contributed by atoms with van der Waals surface area (Å²) in [4.78, 5) is 24.2. The summed E-state index contributed by atoms with van der Waals surface area (Å²) in [5, 5.41) is 2.91. The molecule has 3 N–H and O–H groups in total. The van der Waals surface area contributed by atoms with E-state index in [1.165, 1.54) is 13.4 Å². The van der Waals surface area contributed by atoms with E-state index in [4.69, 9.17) is 10.5 Å². The molecule has 2 rings (SSSR count). The number of carbonyl (C=O) groups is 1. The van der Waals surface area contributed by atoms with Crippen LogP contribution in [0.25, 0.3) is 11.2 Å². The Bertz CT molecular complexity index is 639. The van der Waals surface area contributed by atoms with Gasteiger partial charge in [0.15, 0.2) is 11.2 Å². The lowest BCUT2D eigenvalue weighted by Crippen LogP contribution is -2.32. The highest BCUT2D eigenvalue weighted by atomic mass is 16.5. The van der Waals surface area contributed by atoms with Gasteiger partial charge in [0, 0.05) is 19.0 Å². The molecule has 2 aromatic rings. The van der Waals surface area contributed by atoms with Crippen molar-refractivity contribution in [3.8, 4) is 5.88 Å². The number of nitrogens with one attached hydrogen (secondary N) is 1. The van der Waals surface area contributed by atoms with E-state index in [-0.39, 0.29) is 11.9 Å². The maximum atomic E-state index is 11.8. The monoisotopic (exact) mass is 292 g/mol. The Morgan fingerprint density at radius 2 is 2.29 bits per heavy atom. The van der Waals surface area contributed by atoms with E-state index in [1.54, 1.807) is 4.57 Å². The summed E-state index contributed by atoms with van der Waals surface area (Å²) in [6.07, 6.45) is 2.59. The van der Waals surface area contributed by atoms with E-state index in [9.17, 15) is 4.79 Å². The SMILES string of the molecule is CCC(C)NC(=O)CCn1c(N)nc2c(OC)ncnc21. The van der Waals surface area contributed by atoms with Gasteiger partial charge in [-0.15, -0.1) is 0 Å². The van der Waals surface area contributed by atoms with Gasteiger partial charge in [-0.1, -0.05) is 6.92 Å². The van der Waals surface area contributed by atoms with Crippen LogP contribution in [-0.4, -0.2) is 38.6 Å². The number of hydrogen-bond donors (Lipinski definition) is 2. The molecule has 0 aliphatic rings. The number of ether oxygens (including phenoxy) is 1. The van der Waals surface area contributed by atoms with Crippen molar-refractivity contribution in [3.05, 3.63) is 6.33 Å². The number of nitrogens with zero attached hydrogens (tertiary/aromatic N) is 4. The number of methoxy groups -OCH3 is 1. The number of fused-ring (bicyclic) bond motifs is 1. The second-order valence-electron chi connectivity index (χ2n) is 4.80. The number of nitrogens with two attached hydrogens (primary N) is 1. The van der Waals surface area contributed by atoms with Crippen molar-refractivity contribution in [2.45, 2.75) is 39.3 Å². The number of amides is 1. The standard InChI is InChI=1S/C13H20N6O2/c1-4-8(2)17-9(20)5-6-19-11-10(18-13(19)14)12(21-3)16-7-15-11/h7-8H,4-6H2,1-3H3,(H2,14,18)(H,17,20). The molecule has 1 atom stereocenters. The van der Waals surface area contributed by atoms with Crippen LogP contribution in [0.15, 0.2) is 6.33 Å². The minimum absolute atomic E-state index is 0.0216. The number of rotatable bonds is 6. The van der Waals surface area contributed by atoms with Crippen molar-refractivity contribution in [2.24, 2.45) is 0 Å². The van der Waals surface area contributed by atoms with E-state index in [1.807, 2.05) is 13.8 Å². The first-order valence-electron chi connectivity index (χ1n) is 6.86. The van der Waals surface area contributed by atoms with Gasteiger partial charge in [-0.2, -0.15) is 4.98 Å². The van der Waals surface area contributed by atoms with Crippen LogP contribution in [0.1, 0.15) is 26.7 Å². The van der Waals surface area contributed by atoms with E-state index in [0.29, 0.717) is 36.0 Å². The van der Waals surface area contributed by atoms with Gasteiger partial charge in [0.2, 0.25) is 17.7 Å². The summed E-state index contributed by atoms with van der Waals surface area (Å²) in [5.41, 5.74) is 6.95. The molecule has 0 fully saturated rings. The summed E-state index contributed by atoms with van der Waals surface area (Å²) in [7, 11) is 1.51. The molecule has 1 amide bonds. The fourth-order valence-electron chi connectivity index (χ4n) is 1.96. The molecular weight excluding hydrogens is 272 g/mol. The topological polar surface area (TPSA) is 108 Å². The van der Waals surface area contributed by atoms with Crippen molar-refractivity contribution in [1.82, 2.24) is 24.8 Å². The molecule has 0 radical (unpaired) electrons. The molecule has 8 nitrogen and oxygen atoms in total. The molecule has 0 saturated heterocycles. The van der Waals surface area contributed by atoms with E-state index >= 15 is 0 Å². The molecule has 0 aliphatic heterocycles. The van der Waals surface area contributed by atoms with Gasteiger partial charge >= 0.3 is 0 Å². The highest BCUT2D eigenvalue weighted by molar-refractivity contribution is 5.80. The van der Waals surface area contributed by atoms with Gasteiger partial charge < -0.3 is 15.8 Å². The smallest absolute Gasteiger partial charge is 0.245 e. The normalized spacial score (nSPS) is 12.3. The van der Waals surface area contributed by atoms with Gasteiger partial charge in [-0.25, -0.2) is 9.97 Å². The van der Waals surface area contributed by atoms with Crippen molar-refractivity contribution in [3.63, 3.8) is 0 Å². The van der Waals surface area contributed by atoms with Crippen molar-refractivity contribution in [1.29, 1.82) is 0 Å². The average Bonchev–Trinajstić information content (AvgIpc) is 2.80. The van der Waals surface area contributed by atoms with E-state index in [2.05, 4.69) is 20.3 Å². The Morgan fingerprint density at radius 1 is 1.52 bits per heavy atom. The van der Waals surface area contributed by atoms with Gasteiger partial charge in [0.25, 0.3) is 0 Å². The summed E-state index contributed by atoms with van der Waals surface area (Å²) >= 11 is 0. The predicted molar refractivity (Wildman–Crippen MR) is 78.8 cm³/mol. The van der Waals surface area contributed by atoms with Crippen LogP contribution in [0.5, 0.6) is 5.88 Å². The minimum atomic E-state index is -0.0216. The first-order chi connectivity index (χ1) is 10.1. The van der Waals surface area contributed by atoms with E-state index in [0.717, 1.165) is 6.42 Å². The highest BCUT2D eigenvalue weighted by Crippen LogP contribution is 2.22. The fraction of sp³-hybridized carbons (Fsp3) is 0.538. The van der Waals surface area contributed by atoms with Crippen molar-refractivity contribution in [2.75, 3.05) is 12.8 Å². The molecule has 21 heavy (non-hydrogen) atoms. The molecule has 0 spiro atoms. The number of aromatic nitrogens is 4. The number of aryl methyl sites for hydroxylation is 1. The Hall–Kier alpha value is -2.38. The zero-order chi connectivity index (χ0) is 15.4. The van der Waals surface area contributed by atoms with Gasteiger partial charge in [-0.3, -0.25) is 9.36 Å². The number of nitrogen functional groups attached to an aromatic ring is 1. The van der Waals surface area contributed by atoms with E-state index < -0.39 is 0 Å². The maximum absolute atomic E-state index is 11.8. The molecule has 8 heteroatoms. The van der Waals surface area contributed by atoms with Crippen LogP contribution in [0.2, 0.25) is 0 Å². The molecule has 0 aliphatic carbocycles. The number of anilines is 1. The van der Waals surface area contributed by atoms with Crippen molar-refractivity contribution < 1.29 is 9.53 Å². The molecule has 0 saturated carbocycles. The van der Waals surface area contributed by atoms with Crippen LogP contribution < -0.4 is 15.8 Å². The Kier molecular flexibility index (Phi) is 4.56. The molecule has 1 unspecified atom stereocenters. The number of hydrogen-bond acceptors (Lipinski definition) is 6. The molecule has 0 bridgehead atoms. The zero-order valence-corrected chi connectivity index (χ0v) is 12.5. The fourth-order valence-corrected chi connectivity index (χ4v) is 1.96. The summed E-state index contributed by atoms with van der Waals surface area (Å²) in [5.74, 6) is 0.640. The minimum Gasteiger partial charge on any atom is -0.479 e. The van der Waals surface area contributed by atoms with Gasteiger partial charge in [0.1, 0.15) is 6.33 Å². The largest absolute Gasteiger partial charge is 0.479 e. The summed E-state index contributed by atoms with van der Waals surface area (Å²) in [6, 6.07) is 0.164. The number of carbonyl (C=O) groups excluding carboxylic acids is 1. The maximum Gasteiger partial charge on any atom is 0.245 e. The molecular formula is C13H20N6O2.